The maximum absolute atomic E-state index is 13.2. The van der Waals surface area contributed by atoms with Crippen molar-refractivity contribution in [1.29, 1.82) is 0 Å². The predicted octanol–water partition coefficient (Wildman–Crippen LogP) is 4.87. The summed E-state index contributed by atoms with van der Waals surface area (Å²) in [4.78, 5) is 22.7. The molecular formula is C24H38N4O. The van der Waals surface area contributed by atoms with Crippen LogP contribution < -0.4 is 0 Å². The van der Waals surface area contributed by atoms with Gasteiger partial charge in [-0.1, -0.05) is 32.4 Å². The van der Waals surface area contributed by atoms with Crippen LogP contribution in [0.1, 0.15) is 71.7 Å². The highest BCUT2D eigenvalue weighted by atomic mass is 16.2. The molecule has 0 aliphatic carbocycles. The fraction of sp³-hybridized carbons (Fsp3) is 0.667. The van der Waals surface area contributed by atoms with Gasteiger partial charge in [0.1, 0.15) is 5.82 Å². The first kappa shape index (κ1) is 21.8. The van der Waals surface area contributed by atoms with Gasteiger partial charge in [-0.05, 0) is 58.2 Å². The average molecular weight is 399 g/mol. The van der Waals surface area contributed by atoms with Gasteiger partial charge in [-0.2, -0.15) is 0 Å². The molecule has 2 aromatic rings. The van der Waals surface area contributed by atoms with Crippen molar-refractivity contribution in [3.8, 4) is 0 Å². The van der Waals surface area contributed by atoms with E-state index in [1.165, 1.54) is 5.52 Å². The van der Waals surface area contributed by atoms with E-state index in [-0.39, 0.29) is 5.92 Å². The van der Waals surface area contributed by atoms with Crippen LogP contribution in [0.2, 0.25) is 0 Å². The quantitative estimate of drug-likeness (QED) is 0.605. The molecule has 5 heteroatoms. The Labute approximate surface area is 176 Å². The lowest BCUT2D eigenvalue weighted by Crippen LogP contribution is -2.45. The number of likely N-dealkylation sites (tertiary alicyclic amines) is 1. The Bertz CT molecular complexity index is 797. The summed E-state index contributed by atoms with van der Waals surface area (Å²) in [6, 6.07) is 8.76. The molecule has 0 unspecified atom stereocenters. The number of para-hydroxylation sites is 2. The van der Waals surface area contributed by atoms with E-state index < -0.39 is 0 Å². The first-order valence-corrected chi connectivity index (χ1v) is 11.5. The van der Waals surface area contributed by atoms with Crippen molar-refractivity contribution in [2.45, 2.75) is 72.4 Å². The van der Waals surface area contributed by atoms with Gasteiger partial charge in [-0.3, -0.25) is 9.69 Å². The molecule has 0 N–H and O–H groups in total. The van der Waals surface area contributed by atoms with E-state index in [0.29, 0.717) is 11.9 Å². The van der Waals surface area contributed by atoms with Crippen molar-refractivity contribution < 1.29 is 4.79 Å². The molecule has 1 aliphatic rings. The second-order valence-corrected chi connectivity index (χ2v) is 8.73. The number of piperidine rings is 1. The highest BCUT2D eigenvalue weighted by molar-refractivity contribution is 5.79. The van der Waals surface area contributed by atoms with Crippen LogP contribution in [0.25, 0.3) is 11.0 Å². The van der Waals surface area contributed by atoms with Crippen molar-refractivity contribution in [1.82, 2.24) is 19.4 Å². The van der Waals surface area contributed by atoms with E-state index in [1.54, 1.807) is 0 Å². The number of unbranched alkanes of at least 4 members (excludes halogenated alkanes) is 1. The van der Waals surface area contributed by atoms with Gasteiger partial charge in [0.05, 0.1) is 23.5 Å². The molecule has 2 heterocycles. The van der Waals surface area contributed by atoms with Crippen LogP contribution in [0, 0.1) is 5.92 Å². The number of benzene rings is 1. The van der Waals surface area contributed by atoms with Crippen LogP contribution in [0.3, 0.4) is 0 Å². The summed E-state index contributed by atoms with van der Waals surface area (Å²) < 4.78 is 2.35. The SMILES string of the molecule is CCCCN(CCC)C(=O)[C@H]1CCCN(Cc2nc3ccccc3n2C(C)C)C1. The summed E-state index contributed by atoms with van der Waals surface area (Å²) in [5.41, 5.74) is 2.27. The van der Waals surface area contributed by atoms with E-state index in [2.05, 4.69) is 66.3 Å². The minimum absolute atomic E-state index is 0.129. The second kappa shape index (κ2) is 10.2. The number of imidazole rings is 1. The number of hydrogen-bond acceptors (Lipinski definition) is 3. The van der Waals surface area contributed by atoms with Gasteiger partial charge in [0.25, 0.3) is 0 Å². The van der Waals surface area contributed by atoms with Crippen molar-refractivity contribution in [2.24, 2.45) is 5.92 Å². The summed E-state index contributed by atoms with van der Waals surface area (Å²) in [5, 5.41) is 0. The lowest BCUT2D eigenvalue weighted by Gasteiger charge is -2.35. The van der Waals surface area contributed by atoms with Crippen LogP contribution in [0.5, 0.6) is 0 Å². The number of aromatic nitrogens is 2. The lowest BCUT2D eigenvalue weighted by atomic mass is 9.96. The molecule has 0 bridgehead atoms. The van der Waals surface area contributed by atoms with E-state index >= 15 is 0 Å². The Hall–Kier alpha value is -1.88. The summed E-state index contributed by atoms with van der Waals surface area (Å²) in [6.45, 7) is 13.3. The fourth-order valence-corrected chi connectivity index (χ4v) is 4.59. The summed E-state index contributed by atoms with van der Waals surface area (Å²) in [7, 11) is 0. The zero-order chi connectivity index (χ0) is 20.8. The molecule has 160 valence electrons. The molecule has 1 aromatic heterocycles. The zero-order valence-electron chi connectivity index (χ0n) is 18.7. The molecular weight excluding hydrogens is 360 g/mol. The van der Waals surface area contributed by atoms with Crippen molar-refractivity contribution >= 4 is 16.9 Å². The number of fused-ring (bicyclic) bond motifs is 1. The van der Waals surface area contributed by atoms with Crippen LogP contribution in [0.4, 0.5) is 0 Å². The van der Waals surface area contributed by atoms with Gasteiger partial charge in [0, 0.05) is 25.7 Å². The Morgan fingerprint density at radius 1 is 1.21 bits per heavy atom. The molecule has 1 amide bonds. The number of carbonyl (C=O) groups is 1. The Kier molecular flexibility index (Phi) is 7.70. The largest absolute Gasteiger partial charge is 0.342 e. The van der Waals surface area contributed by atoms with Gasteiger partial charge in [0.2, 0.25) is 5.91 Å². The van der Waals surface area contributed by atoms with Gasteiger partial charge >= 0.3 is 0 Å². The molecule has 0 spiro atoms. The van der Waals surface area contributed by atoms with Crippen molar-refractivity contribution in [3.63, 3.8) is 0 Å². The second-order valence-electron chi connectivity index (χ2n) is 8.73. The van der Waals surface area contributed by atoms with Crippen molar-refractivity contribution in [2.75, 3.05) is 26.2 Å². The van der Waals surface area contributed by atoms with E-state index in [4.69, 9.17) is 4.98 Å². The third-order valence-electron chi connectivity index (χ3n) is 5.99. The monoisotopic (exact) mass is 398 g/mol. The molecule has 29 heavy (non-hydrogen) atoms. The van der Waals surface area contributed by atoms with Crippen LogP contribution >= 0.6 is 0 Å². The van der Waals surface area contributed by atoms with Crippen LogP contribution in [0.15, 0.2) is 24.3 Å². The predicted molar refractivity (Wildman–Crippen MR) is 120 cm³/mol. The number of carbonyl (C=O) groups excluding carboxylic acids is 1. The topological polar surface area (TPSA) is 41.4 Å². The number of hydrogen-bond donors (Lipinski definition) is 0. The van der Waals surface area contributed by atoms with Crippen molar-refractivity contribution in [3.05, 3.63) is 30.1 Å². The standard InChI is InChI=1S/C24H38N4O/c1-5-7-16-27(14-6-2)24(29)20-11-10-15-26(17-20)18-23-25-21-12-8-9-13-22(21)28(23)19(3)4/h8-9,12-13,19-20H,5-7,10-11,14-18H2,1-4H3/t20-/m0/s1. The summed E-state index contributed by atoms with van der Waals surface area (Å²) >= 11 is 0. The molecule has 5 nitrogen and oxygen atoms in total. The molecule has 3 rings (SSSR count). The highest BCUT2D eigenvalue weighted by Gasteiger charge is 2.29. The minimum Gasteiger partial charge on any atom is -0.342 e. The normalized spacial score (nSPS) is 17.9. The third-order valence-corrected chi connectivity index (χ3v) is 5.99. The van der Waals surface area contributed by atoms with Gasteiger partial charge in [-0.25, -0.2) is 4.98 Å². The van der Waals surface area contributed by atoms with E-state index in [0.717, 1.165) is 76.2 Å². The third kappa shape index (κ3) is 5.19. The minimum atomic E-state index is 0.129. The number of amides is 1. The highest BCUT2D eigenvalue weighted by Crippen LogP contribution is 2.25. The molecule has 1 saturated heterocycles. The molecule has 0 saturated carbocycles. The lowest BCUT2D eigenvalue weighted by molar-refractivity contribution is -0.137. The molecule has 1 atom stereocenters. The number of nitrogens with zero attached hydrogens (tertiary/aromatic N) is 4. The molecule has 0 radical (unpaired) electrons. The molecule has 1 aliphatic heterocycles. The Balaban J connectivity index is 1.72. The first-order valence-electron chi connectivity index (χ1n) is 11.5. The molecule has 1 aromatic carbocycles. The fourth-order valence-electron chi connectivity index (χ4n) is 4.59. The molecule has 1 fully saturated rings. The van der Waals surface area contributed by atoms with Crippen LogP contribution in [-0.2, 0) is 11.3 Å². The zero-order valence-corrected chi connectivity index (χ0v) is 18.7. The summed E-state index contributed by atoms with van der Waals surface area (Å²) in [6.07, 6.45) is 5.37. The Morgan fingerprint density at radius 2 is 2.00 bits per heavy atom. The maximum Gasteiger partial charge on any atom is 0.226 e. The summed E-state index contributed by atoms with van der Waals surface area (Å²) in [5.74, 6) is 1.61. The number of rotatable bonds is 9. The first-order chi connectivity index (χ1) is 14.0. The van der Waals surface area contributed by atoms with Gasteiger partial charge < -0.3 is 9.47 Å². The smallest absolute Gasteiger partial charge is 0.226 e. The van der Waals surface area contributed by atoms with E-state index in [1.807, 2.05) is 0 Å². The average Bonchev–Trinajstić information content (AvgIpc) is 3.08. The van der Waals surface area contributed by atoms with E-state index in [9.17, 15) is 4.79 Å². The maximum atomic E-state index is 13.2. The van der Waals surface area contributed by atoms with Gasteiger partial charge in [-0.15, -0.1) is 0 Å². The van der Waals surface area contributed by atoms with Crippen LogP contribution in [-0.4, -0.2) is 51.4 Å². The van der Waals surface area contributed by atoms with Gasteiger partial charge in [0.15, 0.2) is 0 Å². The Morgan fingerprint density at radius 3 is 2.72 bits per heavy atom.